The number of carbonyl (C=O) groups excluding carboxylic acids is 3. The minimum absolute atomic E-state index is 0.0360. The average molecular weight is 476 g/mol. The van der Waals surface area contributed by atoms with Crippen LogP contribution in [-0.4, -0.2) is 43.5 Å². The van der Waals surface area contributed by atoms with E-state index in [1.165, 1.54) is 17.2 Å². The summed E-state index contributed by atoms with van der Waals surface area (Å²) in [4.78, 5) is 41.0. The number of furan rings is 1. The Hall–Kier alpha value is -3.91. The van der Waals surface area contributed by atoms with Gasteiger partial charge in [-0.05, 0) is 55.2 Å². The molecular formula is C27H29N3O5. The van der Waals surface area contributed by atoms with Crippen LogP contribution in [0.3, 0.4) is 0 Å². The van der Waals surface area contributed by atoms with Crippen molar-refractivity contribution >= 4 is 23.4 Å². The molecule has 1 aromatic heterocycles. The van der Waals surface area contributed by atoms with Crippen LogP contribution in [0.2, 0.25) is 0 Å². The number of anilines is 1. The van der Waals surface area contributed by atoms with Crippen molar-refractivity contribution in [2.45, 2.75) is 31.9 Å². The zero-order chi connectivity index (χ0) is 24.6. The second kappa shape index (κ2) is 11.5. The lowest BCUT2D eigenvalue weighted by Gasteiger charge is -2.32. The molecule has 0 bridgehead atoms. The zero-order valence-electron chi connectivity index (χ0n) is 19.6. The van der Waals surface area contributed by atoms with Crippen molar-refractivity contribution in [1.29, 1.82) is 0 Å². The van der Waals surface area contributed by atoms with Crippen LogP contribution in [0, 0.1) is 6.92 Å². The van der Waals surface area contributed by atoms with Crippen LogP contribution in [0.4, 0.5) is 5.69 Å². The fraction of sp³-hybridized carbons (Fsp3) is 0.296. The second-order valence-electron chi connectivity index (χ2n) is 8.46. The molecule has 2 N–H and O–H groups in total. The number of rotatable bonds is 9. The standard InChI is InChI=1S/C27H29N3O5/c1-19-8-5-11-21(16-19)30(24(31)18-29-26(32)23-13-7-15-35-23)25(20-9-3-2-4-10-20)27(33)28-17-22-12-6-14-34-22/h2-5,7-11,13,15-16,22,25H,6,12,14,17-18H2,1H3,(H,28,33)(H,29,32)/t22-,25+/m0/s1. The summed E-state index contributed by atoms with van der Waals surface area (Å²) in [5, 5.41) is 5.57. The molecule has 1 aliphatic rings. The summed E-state index contributed by atoms with van der Waals surface area (Å²) < 4.78 is 10.8. The number of aryl methyl sites for hydroxylation is 1. The summed E-state index contributed by atoms with van der Waals surface area (Å²) in [6.07, 6.45) is 3.20. The molecule has 2 atom stereocenters. The highest BCUT2D eigenvalue weighted by Crippen LogP contribution is 2.29. The quantitative estimate of drug-likeness (QED) is 0.494. The average Bonchev–Trinajstić information content (AvgIpc) is 3.59. The highest BCUT2D eigenvalue weighted by atomic mass is 16.5. The van der Waals surface area contributed by atoms with Gasteiger partial charge in [-0.25, -0.2) is 0 Å². The third kappa shape index (κ3) is 6.16. The monoisotopic (exact) mass is 475 g/mol. The van der Waals surface area contributed by atoms with E-state index in [2.05, 4.69) is 10.6 Å². The Labute approximate surface area is 204 Å². The Morgan fingerprint density at radius 2 is 1.86 bits per heavy atom. The minimum Gasteiger partial charge on any atom is -0.459 e. The van der Waals surface area contributed by atoms with E-state index in [1.54, 1.807) is 12.1 Å². The molecule has 0 spiro atoms. The van der Waals surface area contributed by atoms with Crippen LogP contribution >= 0.6 is 0 Å². The second-order valence-corrected chi connectivity index (χ2v) is 8.46. The van der Waals surface area contributed by atoms with Crippen LogP contribution in [0.25, 0.3) is 0 Å². The first-order valence-electron chi connectivity index (χ1n) is 11.7. The molecule has 0 saturated carbocycles. The van der Waals surface area contributed by atoms with E-state index in [0.717, 1.165) is 18.4 Å². The maximum atomic E-state index is 13.6. The molecule has 1 fully saturated rings. The van der Waals surface area contributed by atoms with Crippen molar-refractivity contribution in [2.75, 3.05) is 24.6 Å². The summed E-state index contributed by atoms with van der Waals surface area (Å²) in [5.41, 5.74) is 2.15. The highest BCUT2D eigenvalue weighted by molar-refractivity contribution is 6.04. The van der Waals surface area contributed by atoms with Gasteiger partial charge in [0.1, 0.15) is 6.04 Å². The van der Waals surface area contributed by atoms with Crippen LogP contribution in [0.15, 0.2) is 77.4 Å². The van der Waals surface area contributed by atoms with E-state index in [-0.39, 0.29) is 24.3 Å². The van der Waals surface area contributed by atoms with E-state index in [1.807, 2.05) is 55.5 Å². The molecule has 0 radical (unpaired) electrons. The Balaban J connectivity index is 1.63. The predicted molar refractivity (Wildman–Crippen MR) is 131 cm³/mol. The molecule has 35 heavy (non-hydrogen) atoms. The molecule has 2 heterocycles. The molecule has 8 nitrogen and oxygen atoms in total. The van der Waals surface area contributed by atoms with E-state index >= 15 is 0 Å². The summed E-state index contributed by atoms with van der Waals surface area (Å²) in [6.45, 7) is 2.66. The maximum Gasteiger partial charge on any atom is 0.287 e. The van der Waals surface area contributed by atoms with Gasteiger partial charge in [-0.15, -0.1) is 0 Å². The van der Waals surface area contributed by atoms with Crippen molar-refractivity contribution < 1.29 is 23.5 Å². The number of hydrogen-bond donors (Lipinski definition) is 2. The molecule has 0 unspecified atom stereocenters. The van der Waals surface area contributed by atoms with Gasteiger partial charge in [0, 0.05) is 18.8 Å². The van der Waals surface area contributed by atoms with Gasteiger partial charge in [-0.1, -0.05) is 42.5 Å². The van der Waals surface area contributed by atoms with E-state index < -0.39 is 17.9 Å². The summed E-state index contributed by atoms with van der Waals surface area (Å²) in [6, 6.07) is 18.7. The van der Waals surface area contributed by atoms with Gasteiger partial charge in [0.25, 0.3) is 5.91 Å². The fourth-order valence-corrected chi connectivity index (χ4v) is 4.12. The molecule has 4 rings (SSSR count). The van der Waals surface area contributed by atoms with Gasteiger partial charge < -0.3 is 19.8 Å². The minimum atomic E-state index is -0.938. The molecule has 1 saturated heterocycles. The molecular weight excluding hydrogens is 446 g/mol. The predicted octanol–water partition coefficient (Wildman–Crippen LogP) is 3.39. The number of carbonyl (C=O) groups is 3. The Kier molecular flexibility index (Phi) is 7.95. The van der Waals surface area contributed by atoms with Crippen molar-refractivity contribution in [1.82, 2.24) is 10.6 Å². The van der Waals surface area contributed by atoms with Crippen molar-refractivity contribution in [2.24, 2.45) is 0 Å². The molecule has 3 aromatic rings. The van der Waals surface area contributed by atoms with Gasteiger partial charge in [0.15, 0.2) is 5.76 Å². The summed E-state index contributed by atoms with van der Waals surface area (Å²) in [5.74, 6) is -1.16. The van der Waals surface area contributed by atoms with Crippen LogP contribution in [0.5, 0.6) is 0 Å². The Bertz CT molecular complexity index is 1140. The molecule has 1 aliphatic heterocycles. The number of hydrogen-bond acceptors (Lipinski definition) is 5. The van der Waals surface area contributed by atoms with Crippen molar-refractivity contribution in [3.8, 4) is 0 Å². The van der Waals surface area contributed by atoms with Crippen LogP contribution < -0.4 is 15.5 Å². The fourth-order valence-electron chi connectivity index (χ4n) is 4.12. The van der Waals surface area contributed by atoms with Gasteiger partial charge in [0.05, 0.1) is 18.9 Å². The Morgan fingerprint density at radius 1 is 1.03 bits per heavy atom. The van der Waals surface area contributed by atoms with Crippen molar-refractivity contribution in [3.63, 3.8) is 0 Å². The molecule has 182 valence electrons. The third-order valence-electron chi connectivity index (χ3n) is 5.84. The smallest absolute Gasteiger partial charge is 0.287 e. The zero-order valence-corrected chi connectivity index (χ0v) is 19.6. The number of nitrogens with zero attached hydrogens (tertiary/aromatic N) is 1. The van der Waals surface area contributed by atoms with Gasteiger partial charge >= 0.3 is 0 Å². The molecule has 0 aliphatic carbocycles. The molecule has 2 aromatic carbocycles. The molecule has 3 amide bonds. The number of ether oxygens (including phenoxy) is 1. The SMILES string of the molecule is Cc1cccc(N(C(=O)CNC(=O)c2ccco2)[C@@H](C(=O)NC[C@@H]2CCCO2)c2ccccc2)c1. The largest absolute Gasteiger partial charge is 0.459 e. The lowest BCUT2D eigenvalue weighted by molar-refractivity contribution is -0.126. The number of amides is 3. The van der Waals surface area contributed by atoms with Gasteiger partial charge in [-0.2, -0.15) is 0 Å². The van der Waals surface area contributed by atoms with E-state index in [9.17, 15) is 14.4 Å². The van der Waals surface area contributed by atoms with E-state index in [0.29, 0.717) is 24.4 Å². The third-order valence-corrected chi connectivity index (χ3v) is 5.84. The van der Waals surface area contributed by atoms with E-state index in [4.69, 9.17) is 9.15 Å². The first-order chi connectivity index (χ1) is 17.0. The number of nitrogens with one attached hydrogen (secondary N) is 2. The Morgan fingerprint density at radius 3 is 2.54 bits per heavy atom. The van der Waals surface area contributed by atoms with Gasteiger partial charge in [0.2, 0.25) is 11.8 Å². The highest BCUT2D eigenvalue weighted by Gasteiger charge is 2.33. The first-order valence-corrected chi connectivity index (χ1v) is 11.7. The normalized spacial score (nSPS) is 15.9. The van der Waals surface area contributed by atoms with Crippen LogP contribution in [-0.2, 0) is 14.3 Å². The topological polar surface area (TPSA) is 101 Å². The number of benzene rings is 2. The lowest BCUT2D eigenvalue weighted by atomic mass is 10.0. The van der Waals surface area contributed by atoms with Crippen molar-refractivity contribution in [3.05, 3.63) is 89.9 Å². The first kappa shape index (κ1) is 24.2. The van der Waals surface area contributed by atoms with Gasteiger partial charge in [-0.3, -0.25) is 19.3 Å². The maximum absolute atomic E-state index is 13.6. The molecule has 8 heteroatoms. The summed E-state index contributed by atoms with van der Waals surface area (Å²) >= 11 is 0. The lowest BCUT2D eigenvalue weighted by Crippen LogP contribution is -2.48. The van der Waals surface area contributed by atoms with Crippen LogP contribution in [0.1, 0.15) is 40.6 Å². The summed E-state index contributed by atoms with van der Waals surface area (Å²) in [7, 11) is 0.